The van der Waals surface area contributed by atoms with Crippen LogP contribution in [0.1, 0.15) is 32.8 Å². The van der Waals surface area contributed by atoms with Crippen molar-refractivity contribution in [3.63, 3.8) is 0 Å². The van der Waals surface area contributed by atoms with Crippen molar-refractivity contribution in [2.45, 2.75) is 44.7 Å². The van der Waals surface area contributed by atoms with Crippen LogP contribution < -0.4 is 4.18 Å². The highest BCUT2D eigenvalue weighted by atomic mass is 32.2. The molecule has 0 saturated heterocycles. The van der Waals surface area contributed by atoms with E-state index in [0.29, 0.717) is 6.54 Å². The van der Waals surface area contributed by atoms with Crippen molar-refractivity contribution in [1.82, 2.24) is 4.90 Å². The van der Waals surface area contributed by atoms with Gasteiger partial charge in [-0.2, -0.15) is 8.42 Å². The van der Waals surface area contributed by atoms with Crippen molar-refractivity contribution < 1.29 is 21.8 Å². The summed E-state index contributed by atoms with van der Waals surface area (Å²) in [6.45, 7) is 5.82. The van der Waals surface area contributed by atoms with E-state index in [9.17, 15) is 17.6 Å². The lowest BCUT2D eigenvalue weighted by Crippen LogP contribution is -2.36. The first kappa shape index (κ1) is 19.9. The number of carbonyl (C=O) groups excluding carboxylic acids is 1. The van der Waals surface area contributed by atoms with Gasteiger partial charge in [-0.3, -0.25) is 4.79 Å². The topological polar surface area (TPSA) is 63.7 Å². The van der Waals surface area contributed by atoms with Crippen LogP contribution in [0.4, 0.5) is 4.39 Å². The van der Waals surface area contributed by atoms with Crippen LogP contribution in [0.3, 0.4) is 0 Å². The standard InChI is InChI=1S/C19H22FNO4S/c1-4-14(2)21(15(3)22)13-16-6-5-7-18(12-16)25-26(23,24)19-10-8-17(20)9-11-19/h5-12,14H,4,13H2,1-3H3/t14-/m1/s1. The number of hydrogen-bond donors (Lipinski definition) is 0. The van der Waals surface area contributed by atoms with Gasteiger partial charge in [0.2, 0.25) is 5.91 Å². The van der Waals surface area contributed by atoms with Crippen molar-refractivity contribution in [3.8, 4) is 5.75 Å². The largest absolute Gasteiger partial charge is 0.379 e. The summed E-state index contributed by atoms with van der Waals surface area (Å²) in [5.74, 6) is -0.440. The molecule has 0 radical (unpaired) electrons. The number of benzene rings is 2. The highest BCUT2D eigenvalue weighted by Crippen LogP contribution is 2.21. The van der Waals surface area contributed by atoms with Gasteiger partial charge in [0.1, 0.15) is 16.5 Å². The van der Waals surface area contributed by atoms with E-state index in [2.05, 4.69) is 0 Å². The van der Waals surface area contributed by atoms with Crippen LogP contribution in [-0.2, 0) is 21.5 Å². The average Bonchev–Trinajstić information content (AvgIpc) is 2.59. The number of amides is 1. The molecule has 1 amide bonds. The number of rotatable bonds is 7. The zero-order chi connectivity index (χ0) is 19.3. The lowest BCUT2D eigenvalue weighted by molar-refractivity contribution is -0.131. The minimum Gasteiger partial charge on any atom is -0.379 e. The molecule has 0 unspecified atom stereocenters. The SMILES string of the molecule is CC[C@@H](C)N(Cc1cccc(OS(=O)(=O)c2ccc(F)cc2)c1)C(C)=O. The van der Waals surface area contributed by atoms with E-state index in [1.807, 2.05) is 13.8 Å². The minimum atomic E-state index is -4.06. The van der Waals surface area contributed by atoms with E-state index < -0.39 is 15.9 Å². The van der Waals surface area contributed by atoms with E-state index in [4.69, 9.17) is 4.18 Å². The molecule has 0 spiro atoms. The molecular weight excluding hydrogens is 357 g/mol. The van der Waals surface area contributed by atoms with Gasteiger partial charge in [0, 0.05) is 19.5 Å². The molecule has 5 nitrogen and oxygen atoms in total. The maximum atomic E-state index is 13.0. The van der Waals surface area contributed by atoms with Crippen molar-refractivity contribution in [1.29, 1.82) is 0 Å². The molecule has 0 aliphatic rings. The van der Waals surface area contributed by atoms with Gasteiger partial charge in [-0.1, -0.05) is 19.1 Å². The molecule has 0 fully saturated rings. The van der Waals surface area contributed by atoms with E-state index in [1.54, 1.807) is 23.1 Å². The zero-order valence-electron chi connectivity index (χ0n) is 15.0. The predicted octanol–water partition coefficient (Wildman–Crippen LogP) is 3.74. The molecule has 26 heavy (non-hydrogen) atoms. The maximum Gasteiger partial charge on any atom is 0.339 e. The van der Waals surface area contributed by atoms with Crippen LogP contribution in [-0.4, -0.2) is 25.3 Å². The Morgan fingerprint density at radius 2 is 1.85 bits per heavy atom. The van der Waals surface area contributed by atoms with Gasteiger partial charge in [-0.25, -0.2) is 4.39 Å². The van der Waals surface area contributed by atoms with Crippen molar-refractivity contribution >= 4 is 16.0 Å². The summed E-state index contributed by atoms with van der Waals surface area (Å²) < 4.78 is 42.7. The van der Waals surface area contributed by atoms with Gasteiger partial charge in [0.15, 0.2) is 0 Å². The third-order valence-electron chi connectivity index (χ3n) is 4.09. The first-order valence-electron chi connectivity index (χ1n) is 8.29. The van der Waals surface area contributed by atoms with Crippen LogP contribution in [0.5, 0.6) is 5.75 Å². The summed E-state index contributed by atoms with van der Waals surface area (Å²) in [4.78, 5) is 13.4. The third-order valence-corrected chi connectivity index (χ3v) is 5.35. The monoisotopic (exact) mass is 379 g/mol. The summed E-state index contributed by atoms with van der Waals surface area (Å²) >= 11 is 0. The van der Waals surface area contributed by atoms with Crippen LogP contribution in [0.25, 0.3) is 0 Å². The molecule has 0 aromatic heterocycles. The van der Waals surface area contributed by atoms with E-state index in [1.165, 1.54) is 13.0 Å². The third kappa shape index (κ3) is 5.05. The molecule has 0 N–H and O–H groups in total. The summed E-state index contributed by atoms with van der Waals surface area (Å²) in [6.07, 6.45) is 0.814. The highest BCUT2D eigenvalue weighted by molar-refractivity contribution is 7.87. The van der Waals surface area contributed by atoms with Crippen molar-refractivity contribution in [3.05, 3.63) is 59.9 Å². The molecule has 0 saturated carbocycles. The molecule has 0 heterocycles. The number of hydrogen-bond acceptors (Lipinski definition) is 4. The maximum absolute atomic E-state index is 13.0. The van der Waals surface area contributed by atoms with E-state index in [0.717, 1.165) is 36.2 Å². The molecule has 0 aliphatic heterocycles. The van der Waals surface area contributed by atoms with Gasteiger partial charge in [-0.05, 0) is 55.3 Å². The first-order chi connectivity index (χ1) is 12.2. The van der Waals surface area contributed by atoms with Crippen molar-refractivity contribution in [2.75, 3.05) is 0 Å². The Bertz CT molecular complexity index is 865. The Hall–Kier alpha value is -2.41. The Kier molecular flexibility index (Phi) is 6.37. The van der Waals surface area contributed by atoms with Gasteiger partial charge in [0.05, 0.1) is 0 Å². The fourth-order valence-corrected chi connectivity index (χ4v) is 3.39. The summed E-state index contributed by atoms with van der Waals surface area (Å²) in [5, 5.41) is 0. The molecule has 7 heteroatoms. The zero-order valence-corrected chi connectivity index (χ0v) is 15.8. The van der Waals surface area contributed by atoms with Crippen LogP contribution in [0, 0.1) is 5.82 Å². The molecule has 1 atom stereocenters. The normalized spacial score (nSPS) is 12.5. The van der Waals surface area contributed by atoms with Crippen molar-refractivity contribution in [2.24, 2.45) is 0 Å². The summed E-state index contributed by atoms with van der Waals surface area (Å²) in [6, 6.07) is 11.1. The molecule has 2 aromatic carbocycles. The molecule has 0 bridgehead atoms. The lowest BCUT2D eigenvalue weighted by atomic mass is 10.1. The van der Waals surface area contributed by atoms with E-state index in [-0.39, 0.29) is 22.6 Å². The van der Waals surface area contributed by atoms with Gasteiger partial charge < -0.3 is 9.08 Å². The fraction of sp³-hybridized carbons (Fsp3) is 0.316. The number of halogens is 1. The highest BCUT2D eigenvalue weighted by Gasteiger charge is 2.18. The smallest absolute Gasteiger partial charge is 0.339 e. The molecule has 0 aliphatic carbocycles. The van der Waals surface area contributed by atoms with Crippen LogP contribution >= 0.6 is 0 Å². The Morgan fingerprint density at radius 1 is 1.19 bits per heavy atom. The second-order valence-corrected chi connectivity index (χ2v) is 7.59. The average molecular weight is 379 g/mol. The van der Waals surface area contributed by atoms with Crippen LogP contribution in [0.2, 0.25) is 0 Å². The number of carbonyl (C=O) groups is 1. The summed E-state index contributed by atoms with van der Waals surface area (Å²) in [7, 11) is -4.06. The summed E-state index contributed by atoms with van der Waals surface area (Å²) in [5.41, 5.74) is 0.757. The van der Waals surface area contributed by atoms with E-state index >= 15 is 0 Å². The Morgan fingerprint density at radius 3 is 2.42 bits per heavy atom. The second kappa shape index (κ2) is 8.31. The van der Waals surface area contributed by atoms with Gasteiger partial charge in [-0.15, -0.1) is 0 Å². The quantitative estimate of drug-likeness (QED) is 0.688. The Balaban J connectivity index is 2.21. The molecule has 2 rings (SSSR count). The van der Waals surface area contributed by atoms with Gasteiger partial charge in [0.25, 0.3) is 0 Å². The minimum absolute atomic E-state index is 0.0513. The molecule has 2 aromatic rings. The molecule has 140 valence electrons. The van der Waals surface area contributed by atoms with Crippen LogP contribution in [0.15, 0.2) is 53.4 Å². The lowest BCUT2D eigenvalue weighted by Gasteiger charge is -2.27. The second-order valence-electron chi connectivity index (χ2n) is 6.04. The first-order valence-corrected chi connectivity index (χ1v) is 9.70. The number of nitrogens with zero attached hydrogens (tertiary/aromatic N) is 1. The Labute approximate surface area is 153 Å². The predicted molar refractivity (Wildman–Crippen MR) is 96.6 cm³/mol. The molecular formula is C19H22FNO4S. The fourth-order valence-electron chi connectivity index (χ4n) is 2.47. The van der Waals surface area contributed by atoms with Gasteiger partial charge >= 0.3 is 10.1 Å².